The number of nitrogens with one attached hydrogen (secondary N) is 1. The van der Waals surface area contributed by atoms with Crippen LogP contribution in [0.5, 0.6) is 0 Å². The van der Waals surface area contributed by atoms with Crippen LogP contribution in [0.15, 0.2) is 0 Å². The maximum Gasteiger partial charge on any atom is 0.00200 e. The van der Waals surface area contributed by atoms with Crippen molar-refractivity contribution < 1.29 is 0 Å². The second kappa shape index (κ2) is 4.24. The fourth-order valence-corrected chi connectivity index (χ4v) is 3.90. The summed E-state index contributed by atoms with van der Waals surface area (Å²) in [5, 5.41) is 3.71. The average molecular weight is 238 g/mol. The molecule has 2 heteroatoms. The molecule has 3 N–H and O–H groups in total. The van der Waals surface area contributed by atoms with Crippen molar-refractivity contribution in [2.75, 3.05) is 19.6 Å². The van der Waals surface area contributed by atoms with E-state index in [4.69, 9.17) is 5.73 Å². The molecule has 0 saturated heterocycles. The second-order valence-electron chi connectivity index (χ2n) is 7.54. The highest BCUT2D eigenvalue weighted by molar-refractivity contribution is 5.12. The standard InChI is InChI=1S/C15H30N2/c1-13(2)12(14(13,3)4)9-17-11-15(10-16)7-5-6-8-15/h12,17H,5-11,16H2,1-4H3. The lowest BCUT2D eigenvalue weighted by molar-refractivity contribution is 0.286. The van der Waals surface area contributed by atoms with E-state index in [0.29, 0.717) is 16.2 Å². The van der Waals surface area contributed by atoms with Gasteiger partial charge in [-0.15, -0.1) is 0 Å². The molecule has 2 rings (SSSR count). The molecule has 0 amide bonds. The summed E-state index contributed by atoms with van der Waals surface area (Å²) in [6.07, 6.45) is 5.40. The number of nitrogens with two attached hydrogens (primary N) is 1. The molecule has 0 unspecified atom stereocenters. The highest BCUT2D eigenvalue weighted by atomic mass is 14.9. The van der Waals surface area contributed by atoms with E-state index in [9.17, 15) is 0 Å². The van der Waals surface area contributed by atoms with Gasteiger partial charge in [0.2, 0.25) is 0 Å². The first kappa shape index (κ1) is 13.4. The largest absolute Gasteiger partial charge is 0.330 e. The molecule has 0 aromatic rings. The molecule has 100 valence electrons. The van der Waals surface area contributed by atoms with Crippen molar-refractivity contribution in [3.05, 3.63) is 0 Å². The molecule has 2 saturated carbocycles. The van der Waals surface area contributed by atoms with Crippen LogP contribution in [0.25, 0.3) is 0 Å². The SMILES string of the molecule is CC1(C)C(CNCC2(CN)CCCC2)C1(C)C. The molecule has 0 radical (unpaired) electrons. The predicted molar refractivity (Wildman–Crippen MR) is 73.9 cm³/mol. The topological polar surface area (TPSA) is 38.0 Å². The van der Waals surface area contributed by atoms with E-state index in [0.717, 1.165) is 19.0 Å². The van der Waals surface area contributed by atoms with Crippen LogP contribution < -0.4 is 11.1 Å². The van der Waals surface area contributed by atoms with E-state index < -0.39 is 0 Å². The molecule has 2 aliphatic carbocycles. The Bertz CT molecular complexity index is 261. The van der Waals surface area contributed by atoms with Crippen LogP contribution in [0.2, 0.25) is 0 Å². The molecule has 0 aliphatic heterocycles. The Morgan fingerprint density at radius 1 is 1.06 bits per heavy atom. The maximum atomic E-state index is 5.97. The Morgan fingerprint density at radius 2 is 1.59 bits per heavy atom. The molecule has 2 fully saturated rings. The van der Waals surface area contributed by atoms with Gasteiger partial charge in [0.15, 0.2) is 0 Å². The van der Waals surface area contributed by atoms with Crippen LogP contribution in [0.1, 0.15) is 53.4 Å². The lowest BCUT2D eigenvalue weighted by Crippen LogP contribution is -2.39. The van der Waals surface area contributed by atoms with Gasteiger partial charge in [-0.3, -0.25) is 0 Å². The van der Waals surface area contributed by atoms with Gasteiger partial charge in [0.1, 0.15) is 0 Å². The van der Waals surface area contributed by atoms with Crippen molar-refractivity contribution in [3.8, 4) is 0 Å². The third-order valence-corrected chi connectivity index (χ3v) is 6.27. The minimum absolute atomic E-state index is 0.420. The Hall–Kier alpha value is -0.0800. The summed E-state index contributed by atoms with van der Waals surface area (Å²) in [6, 6.07) is 0. The van der Waals surface area contributed by atoms with E-state index in [1.165, 1.54) is 32.2 Å². The molecule has 2 nitrogen and oxygen atoms in total. The monoisotopic (exact) mass is 238 g/mol. The zero-order valence-corrected chi connectivity index (χ0v) is 12.1. The molecule has 0 aromatic heterocycles. The minimum atomic E-state index is 0.420. The van der Waals surface area contributed by atoms with Crippen molar-refractivity contribution >= 4 is 0 Å². The Morgan fingerprint density at radius 3 is 2.00 bits per heavy atom. The van der Waals surface area contributed by atoms with Crippen molar-refractivity contribution in [3.63, 3.8) is 0 Å². The summed E-state index contributed by atoms with van der Waals surface area (Å²) in [5.74, 6) is 0.825. The molecule has 0 spiro atoms. The predicted octanol–water partition coefficient (Wildman–Crippen LogP) is 2.78. The molecule has 0 aromatic carbocycles. The zero-order chi connectivity index (χ0) is 12.7. The lowest BCUT2D eigenvalue weighted by Gasteiger charge is -2.27. The molecule has 0 heterocycles. The molecule has 0 atom stereocenters. The van der Waals surface area contributed by atoms with Gasteiger partial charge < -0.3 is 11.1 Å². The van der Waals surface area contributed by atoms with Gasteiger partial charge in [0, 0.05) is 6.54 Å². The molecular weight excluding hydrogens is 208 g/mol. The van der Waals surface area contributed by atoms with Crippen molar-refractivity contribution in [2.45, 2.75) is 53.4 Å². The van der Waals surface area contributed by atoms with E-state index in [-0.39, 0.29) is 0 Å². The number of hydrogen-bond acceptors (Lipinski definition) is 2. The van der Waals surface area contributed by atoms with Crippen LogP contribution >= 0.6 is 0 Å². The third-order valence-electron chi connectivity index (χ3n) is 6.27. The summed E-state index contributed by atoms with van der Waals surface area (Å²) in [5.41, 5.74) is 7.40. The summed E-state index contributed by atoms with van der Waals surface area (Å²) in [4.78, 5) is 0. The fraction of sp³-hybridized carbons (Fsp3) is 1.00. The minimum Gasteiger partial charge on any atom is -0.330 e. The smallest absolute Gasteiger partial charge is 0.00200 e. The summed E-state index contributed by atoms with van der Waals surface area (Å²) >= 11 is 0. The summed E-state index contributed by atoms with van der Waals surface area (Å²) in [7, 11) is 0. The number of rotatable bonds is 5. The molecular formula is C15H30N2. The first-order valence-electron chi connectivity index (χ1n) is 7.27. The Labute approximate surface area is 107 Å². The third kappa shape index (κ3) is 2.15. The quantitative estimate of drug-likeness (QED) is 0.773. The van der Waals surface area contributed by atoms with Gasteiger partial charge in [-0.2, -0.15) is 0 Å². The maximum absolute atomic E-state index is 5.97. The first-order chi connectivity index (χ1) is 7.86. The highest BCUT2D eigenvalue weighted by Crippen LogP contribution is 2.67. The summed E-state index contributed by atoms with van der Waals surface area (Å²) < 4.78 is 0. The van der Waals surface area contributed by atoms with E-state index >= 15 is 0 Å². The normalized spacial score (nSPS) is 29.5. The van der Waals surface area contributed by atoms with Gasteiger partial charge >= 0.3 is 0 Å². The van der Waals surface area contributed by atoms with Gasteiger partial charge in [-0.05, 0) is 48.1 Å². The Kier molecular flexibility index (Phi) is 3.33. The molecule has 2 aliphatic rings. The Balaban J connectivity index is 1.77. The van der Waals surface area contributed by atoms with Crippen molar-refractivity contribution in [2.24, 2.45) is 27.9 Å². The summed E-state index contributed by atoms with van der Waals surface area (Å²) in [6.45, 7) is 12.7. The second-order valence-corrected chi connectivity index (χ2v) is 7.54. The van der Waals surface area contributed by atoms with E-state index in [1.54, 1.807) is 0 Å². The van der Waals surface area contributed by atoms with Crippen molar-refractivity contribution in [1.82, 2.24) is 5.32 Å². The fourth-order valence-electron chi connectivity index (χ4n) is 3.90. The van der Waals surface area contributed by atoms with Crippen LogP contribution in [-0.2, 0) is 0 Å². The van der Waals surface area contributed by atoms with Crippen LogP contribution in [0.4, 0.5) is 0 Å². The number of hydrogen-bond donors (Lipinski definition) is 2. The van der Waals surface area contributed by atoms with Gasteiger partial charge in [-0.1, -0.05) is 40.5 Å². The molecule has 17 heavy (non-hydrogen) atoms. The van der Waals surface area contributed by atoms with Crippen molar-refractivity contribution in [1.29, 1.82) is 0 Å². The lowest BCUT2D eigenvalue weighted by atomic mass is 9.86. The van der Waals surface area contributed by atoms with E-state index in [2.05, 4.69) is 33.0 Å². The zero-order valence-electron chi connectivity index (χ0n) is 12.1. The first-order valence-corrected chi connectivity index (χ1v) is 7.27. The van der Waals surface area contributed by atoms with Crippen LogP contribution in [0, 0.1) is 22.2 Å². The van der Waals surface area contributed by atoms with Gasteiger partial charge in [0.05, 0.1) is 0 Å². The van der Waals surface area contributed by atoms with Gasteiger partial charge in [-0.25, -0.2) is 0 Å². The van der Waals surface area contributed by atoms with Crippen LogP contribution in [0.3, 0.4) is 0 Å². The van der Waals surface area contributed by atoms with E-state index in [1.807, 2.05) is 0 Å². The van der Waals surface area contributed by atoms with Crippen LogP contribution in [-0.4, -0.2) is 19.6 Å². The molecule has 0 bridgehead atoms. The van der Waals surface area contributed by atoms with Gasteiger partial charge in [0.25, 0.3) is 0 Å². The highest BCUT2D eigenvalue weighted by Gasteiger charge is 2.63. The average Bonchev–Trinajstić information content (AvgIpc) is 2.65.